The molecule has 0 saturated carbocycles. The summed E-state index contributed by atoms with van der Waals surface area (Å²) in [5.41, 5.74) is 5.94. The normalized spacial score (nSPS) is 19.6. The highest BCUT2D eigenvalue weighted by Gasteiger charge is 2.23. The van der Waals surface area contributed by atoms with Crippen molar-refractivity contribution >= 4 is 11.9 Å². The summed E-state index contributed by atoms with van der Waals surface area (Å²) < 4.78 is 13.0. The maximum Gasteiger partial charge on any atom is 0.217 e. The third kappa shape index (κ3) is 6.01. The molecule has 0 spiro atoms. The summed E-state index contributed by atoms with van der Waals surface area (Å²) >= 11 is 0. The summed E-state index contributed by atoms with van der Waals surface area (Å²) in [5.74, 6) is 0.345. The number of nitrogens with one attached hydrogen (secondary N) is 1. The summed E-state index contributed by atoms with van der Waals surface area (Å²) in [6, 6.07) is 5.78. The molecule has 1 aliphatic heterocycles. The molecule has 1 fully saturated rings. The van der Waals surface area contributed by atoms with Crippen molar-refractivity contribution < 1.29 is 14.3 Å². The van der Waals surface area contributed by atoms with Crippen molar-refractivity contribution in [3.05, 3.63) is 35.6 Å². The lowest BCUT2D eigenvalue weighted by Crippen LogP contribution is -2.47. The molecule has 4 N–H and O–H groups in total. The Morgan fingerprint density at radius 2 is 2.20 bits per heavy atom. The predicted octanol–water partition coefficient (Wildman–Crippen LogP) is 1.41. The van der Waals surface area contributed by atoms with E-state index in [1.54, 1.807) is 12.1 Å². The molecule has 7 heteroatoms. The number of carbonyl (C=O) groups excluding carboxylic acids is 1. The number of carbonyl (C=O) groups is 1. The molecule has 0 aliphatic carbocycles. The molecule has 6 nitrogen and oxygen atoms in total. The fourth-order valence-electron chi connectivity index (χ4n) is 3.10. The highest BCUT2D eigenvalue weighted by molar-refractivity contribution is 5.80. The van der Waals surface area contributed by atoms with E-state index in [1.807, 2.05) is 6.92 Å². The lowest BCUT2D eigenvalue weighted by atomic mass is 9.95. The number of nitrogens with zero attached hydrogens (tertiary/aromatic N) is 2. The quantitative estimate of drug-likeness (QED) is 0.534. The maximum absolute atomic E-state index is 13.0. The van der Waals surface area contributed by atoms with Crippen LogP contribution in [0.4, 0.5) is 4.39 Å². The van der Waals surface area contributed by atoms with E-state index in [-0.39, 0.29) is 24.2 Å². The minimum absolute atomic E-state index is 0.185. The second kappa shape index (κ2) is 9.36. The zero-order chi connectivity index (χ0) is 18.2. The van der Waals surface area contributed by atoms with E-state index in [9.17, 15) is 14.3 Å². The van der Waals surface area contributed by atoms with E-state index < -0.39 is 6.10 Å². The van der Waals surface area contributed by atoms with Crippen LogP contribution >= 0.6 is 0 Å². The summed E-state index contributed by atoms with van der Waals surface area (Å²) in [6.07, 6.45) is 1.55. The van der Waals surface area contributed by atoms with Gasteiger partial charge in [-0.15, -0.1) is 0 Å². The van der Waals surface area contributed by atoms with Gasteiger partial charge in [0, 0.05) is 26.1 Å². The first-order valence-corrected chi connectivity index (χ1v) is 8.74. The SMILES string of the molecule is CCNC(=NCC(O)c1ccc(F)cc1)N1CCCC(CC(N)=O)C1. The lowest BCUT2D eigenvalue weighted by molar-refractivity contribution is -0.119. The van der Waals surface area contributed by atoms with Crippen LogP contribution in [0, 0.1) is 11.7 Å². The van der Waals surface area contributed by atoms with Crippen LogP contribution in [0.1, 0.15) is 37.9 Å². The van der Waals surface area contributed by atoms with Crippen LogP contribution in [0.15, 0.2) is 29.3 Å². The number of piperidine rings is 1. The number of nitrogens with two attached hydrogens (primary N) is 1. The Morgan fingerprint density at radius 1 is 1.48 bits per heavy atom. The average Bonchev–Trinajstić information content (AvgIpc) is 2.58. The number of aliphatic imine (C=N–C) groups is 1. The van der Waals surface area contributed by atoms with E-state index in [0.717, 1.165) is 31.9 Å². The van der Waals surface area contributed by atoms with Gasteiger partial charge >= 0.3 is 0 Å². The molecule has 1 saturated heterocycles. The van der Waals surface area contributed by atoms with Crippen LogP contribution in [0.3, 0.4) is 0 Å². The molecule has 1 aromatic carbocycles. The molecule has 1 heterocycles. The second-order valence-corrected chi connectivity index (χ2v) is 6.39. The number of benzene rings is 1. The van der Waals surface area contributed by atoms with Crippen LogP contribution < -0.4 is 11.1 Å². The van der Waals surface area contributed by atoms with Gasteiger partial charge in [0.15, 0.2) is 5.96 Å². The Labute approximate surface area is 147 Å². The fourth-order valence-corrected chi connectivity index (χ4v) is 3.10. The first-order valence-electron chi connectivity index (χ1n) is 8.74. The standard InChI is InChI=1S/C18H27FN4O2/c1-2-21-18(23-9-3-4-13(12-23)10-17(20)25)22-11-16(24)14-5-7-15(19)8-6-14/h5-8,13,16,24H,2-4,9-12H2,1H3,(H2,20,25)(H,21,22). The van der Waals surface area contributed by atoms with Gasteiger partial charge in [0.05, 0.1) is 12.6 Å². The topological polar surface area (TPSA) is 91.0 Å². The molecule has 2 unspecified atom stereocenters. The van der Waals surface area contributed by atoms with E-state index in [1.165, 1.54) is 12.1 Å². The van der Waals surface area contributed by atoms with Crippen molar-refractivity contribution in [3.8, 4) is 0 Å². The Balaban J connectivity index is 2.01. The summed E-state index contributed by atoms with van der Waals surface area (Å²) in [5, 5.41) is 13.5. The van der Waals surface area contributed by atoms with Crippen LogP contribution in [-0.2, 0) is 4.79 Å². The van der Waals surface area contributed by atoms with E-state index in [4.69, 9.17) is 5.73 Å². The zero-order valence-corrected chi connectivity index (χ0v) is 14.6. The molecule has 1 aromatic rings. The Kier molecular flexibility index (Phi) is 7.18. The molecule has 0 bridgehead atoms. The number of guanidine groups is 1. The van der Waals surface area contributed by atoms with Crippen molar-refractivity contribution in [2.24, 2.45) is 16.6 Å². The van der Waals surface area contributed by atoms with Crippen molar-refractivity contribution in [3.63, 3.8) is 0 Å². The Morgan fingerprint density at radius 3 is 2.84 bits per heavy atom. The van der Waals surface area contributed by atoms with Crippen LogP contribution in [0.5, 0.6) is 0 Å². The monoisotopic (exact) mass is 350 g/mol. The Hall–Kier alpha value is -2.15. The van der Waals surface area contributed by atoms with Crippen molar-refractivity contribution in [1.29, 1.82) is 0 Å². The fraction of sp³-hybridized carbons (Fsp3) is 0.556. The zero-order valence-electron chi connectivity index (χ0n) is 14.6. The van der Waals surface area contributed by atoms with Gasteiger partial charge in [0.1, 0.15) is 5.82 Å². The molecule has 1 amide bonds. The van der Waals surface area contributed by atoms with Crippen LogP contribution in [-0.4, -0.2) is 48.1 Å². The lowest BCUT2D eigenvalue weighted by Gasteiger charge is -2.34. The first-order chi connectivity index (χ1) is 12.0. The minimum Gasteiger partial charge on any atom is -0.386 e. The van der Waals surface area contributed by atoms with Crippen molar-refractivity contribution in [2.45, 2.75) is 32.3 Å². The molecule has 1 aliphatic rings. The first kappa shape index (κ1) is 19.2. The minimum atomic E-state index is -0.791. The number of aliphatic hydroxyl groups excluding tert-OH is 1. The highest BCUT2D eigenvalue weighted by Crippen LogP contribution is 2.20. The number of hydrogen-bond acceptors (Lipinski definition) is 3. The molecule has 0 radical (unpaired) electrons. The molecule has 0 aromatic heterocycles. The number of amides is 1. The molecule has 2 atom stereocenters. The van der Waals surface area contributed by atoms with Gasteiger partial charge in [-0.1, -0.05) is 12.1 Å². The third-order valence-electron chi connectivity index (χ3n) is 4.31. The molecule has 138 valence electrons. The van der Waals surface area contributed by atoms with Crippen LogP contribution in [0.2, 0.25) is 0 Å². The Bertz CT molecular complexity index is 591. The molecular weight excluding hydrogens is 323 g/mol. The number of likely N-dealkylation sites (tertiary alicyclic amines) is 1. The molecular formula is C18H27FN4O2. The molecule has 2 rings (SSSR count). The van der Waals surface area contributed by atoms with E-state index in [0.29, 0.717) is 18.5 Å². The van der Waals surface area contributed by atoms with E-state index in [2.05, 4.69) is 15.2 Å². The average molecular weight is 350 g/mol. The predicted molar refractivity (Wildman–Crippen MR) is 95.4 cm³/mol. The van der Waals surface area contributed by atoms with Crippen LogP contribution in [0.25, 0.3) is 0 Å². The van der Waals surface area contributed by atoms with Gasteiger partial charge in [-0.25, -0.2) is 4.39 Å². The largest absolute Gasteiger partial charge is 0.386 e. The number of aliphatic hydroxyl groups is 1. The number of hydrogen-bond donors (Lipinski definition) is 3. The van der Waals surface area contributed by atoms with Gasteiger partial charge in [-0.05, 0) is 43.4 Å². The number of rotatable bonds is 6. The summed E-state index contributed by atoms with van der Waals surface area (Å²) in [7, 11) is 0. The molecule has 25 heavy (non-hydrogen) atoms. The number of primary amides is 1. The van der Waals surface area contributed by atoms with E-state index >= 15 is 0 Å². The van der Waals surface area contributed by atoms with Gasteiger partial charge in [-0.2, -0.15) is 0 Å². The van der Waals surface area contributed by atoms with Gasteiger partial charge in [0.25, 0.3) is 0 Å². The van der Waals surface area contributed by atoms with Gasteiger partial charge < -0.3 is 21.1 Å². The second-order valence-electron chi connectivity index (χ2n) is 6.39. The van der Waals surface area contributed by atoms with Gasteiger partial charge in [-0.3, -0.25) is 9.79 Å². The van der Waals surface area contributed by atoms with Crippen molar-refractivity contribution in [1.82, 2.24) is 10.2 Å². The third-order valence-corrected chi connectivity index (χ3v) is 4.31. The summed E-state index contributed by atoms with van der Waals surface area (Å²) in [6.45, 7) is 4.46. The number of halogens is 1. The smallest absolute Gasteiger partial charge is 0.217 e. The maximum atomic E-state index is 13.0. The highest BCUT2D eigenvalue weighted by atomic mass is 19.1. The van der Waals surface area contributed by atoms with Gasteiger partial charge in [0.2, 0.25) is 5.91 Å². The summed E-state index contributed by atoms with van der Waals surface area (Å²) in [4.78, 5) is 17.8. The van der Waals surface area contributed by atoms with Crippen molar-refractivity contribution in [2.75, 3.05) is 26.2 Å².